The van der Waals surface area contributed by atoms with Crippen LogP contribution in [0.15, 0.2) is 0 Å². The van der Waals surface area contributed by atoms with Gasteiger partial charge < -0.3 is 14.8 Å². The van der Waals surface area contributed by atoms with Gasteiger partial charge in [0.25, 0.3) is 0 Å². The van der Waals surface area contributed by atoms with Crippen molar-refractivity contribution in [1.29, 1.82) is 0 Å². The summed E-state index contributed by atoms with van der Waals surface area (Å²) in [5, 5.41) is 2.86. The molecule has 1 aromatic rings. The third-order valence-corrected chi connectivity index (χ3v) is 9.01. The summed E-state index contributed by atoms with van der Waals surface area (Å²) < 4.78 is 13.0. The molecule has 4 nitrogen and oxygen atoms in total. The van der Waals surface area contributed by atoms with E-state index >= 15 is 0 Å². The zero-order valence-electron chi connectivity index (χ0n) is 27.1. The molecule has 224 valence electrons. The number of fused-ring (bicyclic) bond motifs is 1. The maximum atomic E-state index is 11.7. The van der Waals surface area contributed by atoms with Crippen molar-refractivity contribution in [3.8, 4) is 11.5 Å². The van der Waals surface area contributed by atoms with Crippen LogP contribution >= 0.6 is 0 Å². The molecule has 0 aromatic heterocycles. The van der Waals surface area contributed by atoms with Crippen molar-refractivity contribution < 1.29 is 14.3 Å². The van der Waals surface area contributed by atoms with Crippen molar-refractivity contribution in [3.05, 3.63) is 22.3 Å². The second-order valence-electron chi connectivity index (χ2n) is 13.3. The summed E-state index contributed by atoms with van der Waals surface area (Å²) in [6.07, 6.45) is 15.3. The van der Waals surface area contributed by atoms with Gasteiger partial charge >= 0.3 is 0 Å². The van der Waals surface area contributed by atoms with E-state index < -0.39 is 0 Å². The highest BCUT2D eigenvalue weighted by Gasteiger charge is 2.34. The molecule has 0 spiro atoms. The Hall–Kier alpha value is -1.71. The fraction of sp³-hybridized carbons (Fsp3) is 0.800. The maximum Gasteiger partial charge on any atom is 0.220 e. The van der Waals surface area contributed by atoms with Crippen LogP contribution in [-0.4, -0.2) is 24.7 Å². The molecule has 1 amide bonds. The Labute approximate surface area is 241 Å². The largest absolute Gasteiger partial charge is 0.493 e. The quantitative estimate of drug-likeness (QED) is 0.188. The number of carbonyl (C=O) groups excluding carboxylic acids is 1. The average Bonchev–Trinajstić information content (AvgIpc) is 2.86. The van der Waals surface area contributed by atoms with Gasteiger partial charge in [-0.2, -0.15) is 0 Å². The summed E-state index contributed by atoms with van der Waals surface area (Å²) in [5.41, 5.74) is 4.80. The zero-order chi connectivity index (χ0) is 29.0. The highest BCUT2D eigenvalue weighted by Crippen LogP contribution is 2.45. The van der Waals surface area contributed by atoms with E-state index in [-0.39, 0.29) is 11.5 Å². The van der Waals surface area contributed by atoms with Crippen LogP contribution in [0.3, 0.4) is 0 Å². The Morgan fingerprint density at radius 3 is 2.13 bits per heavy atom. The molecule has 1 aromatic carbocycles. The van der Waals surface area contributed by atoms with E-state index in [4.69, 9.17) is 9.47 Å². The predicted molar refractivity (Wildman–Crippen MR) is 166 cm³/mol. The van der Waals surface area contributed by atoms with Crippen LogP contribution in [0.4, 0.5) is 0 Å². The zero-order valence-corrected chi connectivity index (χ0v) is 27.1. The minimum Gasteiger partial charge on any atom is -0.493 e. The molecule has 0 unspecified atom stereocenters. The first-order chi connectivity index (χ1) is 18.5. The molecule has 1 heterocycles. The fourth-order valence-electron chi connectivity index (χ4n) is 6.17. The SMILES string of the molecule is CCNC(=O)CCCOc1c(C)c(C)c2c(c1C)CC[C@@](C)(CCC[C@H](C)CCC[C@H](C)CCCC(C)C)O2. The first-order valence-electron chi connectivity index (χ1n) is 16.2. The highest BCUT2D eigenvalue weighted by molar-refractivity contribution is 5.75. The Balaban J connectivity index is 1.82. The maximum absolute atomic E-state index is 11.7. The molecule has 1 aliphatic rings. The molecule has 39 heavy (non-hydrogen) atoms. The summed E-state index contributed by atoms with van der Waals surface area (Å²) in [4.78, 5) is 11.7. The molecule has 0 saturated heterocycles. The van der Waals surface area contributed by atoms with Crippen LogP contribution in [0.25, 0.3) is 0 Å². The van der Waals surface area contributed by atoms with Crippen molar-refractivity contribution >= 4 is 5.91 Å². The van der Waals surface area contributed by atoms with Gasteiger partial charge in [-0.15, -0.1) is 0 Å². The third-order valence-electron chi connectivity index (χ3n) is 9.01. The topological polar surface area (TPSA) is 47.6 Å². The summed E-state index contributed by atoms with van der Waals surface area (Å²) >= 11 is 0. The van der Waals surface area contributed by atoms with Gasteiger partial charge in [0.2, 0.25) is 5.91 Å². The minimum atomic E-state index is -0.0870. The Morgan fingerprint density at radius 2 is 1.51 bits per heavy atom. The van der Waals surface area contributed by atoms with Crippen molar-refractivity contribution in [1.82, 2.24) is 5.32 Å². The summed E-state index contributed by atoms with van der Waals surface area (Å²) in [7, 11) is 0. The molecule has 0 bridgehead atoms. The van der Waals surface area contributed by atoms with Crippen molar-refractivity contribution in [2.75, 3.05) is 13.2 Å². The molecule has 4 heteroatoms. The van der Waals surface area contributed by atoms with Gasteiger partial charge in [0.15, 0.2) is 0 Å². The van der Waals surface area contributed by atoms with Gasteiger partial charge in [-0.25, -0.2) is 0 Å². The second kappa shape index (κ2) is 16.5. The van der Waals surface area contributed by atoms with E-state index in [9.17, 15) is 4.79 Å². The van der Waals surface area contributed by atoms with Crippen LogP contribution in [0.5, 0.6) is 11.5 Å². The average molecular weight is 544 g/mol. The third kappa shape index (κ3) is 11.0. The van der Waals surface area contributed by atoms with E-state index in [1.807, 2.05) is 6.92 Å². The lowest BCUT2D eigenvalue weighted by atomic mass is 9.83. The smallest absolute Gasteiger partial charge is 0.220 e. The number of rotatable bonds is 18. The van der Waals surface area contributed by atoms with Crippen LogP contribution in [0, 0.1) is 38.5 Å². The first-order valence-corrected chi connectivity index (χ1v) is 16.2. The number of nitrogens with one attached hydrogen (secondary N) is 1. The summed E-state index contributed by atoms with van der Waals surface area (Å²) in [6.45, 7) is 21.5. The van der Waals surface area contributed by atoms with Crippen LogP contribution in [0.2, 0.25) is 0 Å². The molecule has 3 atom stereocenters. The monoisotopic (exact) mass is 543 g/mol. The molecule has 1 N–H and O–H groups in total. The molecule has 0 radical (unpaired) electrons. The molecule has 1 aliphatic heterocycles. The molecule has 0 fully saturated rings. The number of hydrogen-bond acceptors (Lipinski definition) is 3. The van der Waals surface area contributed by atoms with Gasteiger partial charge in [-0.05, 0) is 101 Å². The minimum absolute atomic E-state index is 0.0870. The summed E-state index contributed by atoms with van der Waals surface area (Å²) in [6, 6.07) is 0. The molecular formula is C35H61NO3. The van der Waals surface area contributed by atoms with Gasteiger partial charge in [0, 0.05) is 18.5 Å². The van der Waals surface area contributed by atoms with Crippen LogP contribution in [0.1, 0.15) is 141 Å². The molecule has 0 aliphatic carbocycles. The number of benzene rings is 1. The lowest BCUT2D eigenvalue weighted by Crippen LogP contribution is -2.37. The Kier molecular flexibility index (Phi) is 14.2. The lowest BCUT2D eigenvalue weighted by Gasteiger charge is -2.38. The first kappa shape index (κ1) is 33.5. The van der Waals surface area contributed by atoms with Crippen LogP contribution in [-0.2, 0) is 11.2 Å². The van der Waals surface area contributed by atoms with Crippen molar-refractivity contribution in [2.24, 2.45) is 17.8 Å². The number of ether oxygens (including phenoxy) is 2. The second-order valence-corrected chi connectivity index (χ2v) is 13.3. The van der Waals surface area contributed by atoms with Gasteiger partial charge in [0.1, 0.15) is 17.1 Å². The highest BCUT2D eigenvalue weighted by atomic mass is 16.5. The standard InChI is InChI=1S/C35H61NO3/c1-10-36-32(37)20-14-24-38-33-28(6)29(7)34-31(30(33)8)21-23-35(9,39-34)22-13-19-27(5)18-12-17-26(4)16-11-15-25(2)3/h25-27H,10-24H2,1-9H3,(H,36,37)/t26-,27-,35-/m1/s1. The van der Waals surface area contributed by atoms with Gasteiger partial charge in [-0.1, -0.05) is 72.6 Å². The number of amides is 1. The predicted octanol–water partition coefficient (Wildman–Crippen LogP) is 9.43. The van der Waals surface area contributed by atoms with E-state index in [2.05, 4.69) is 60.7 Å². The Bertz CT molecular complexity index is 893. The lowest BCUT2D eigenvalue weighted by molar-refractivity contribution is -0.121. The molecule has 2 rings (SSSR count). The van der Waals surface area contributed by atoms with Crippen molar-refractivity contribution in [3.63, 3.8) is 0 Å². The molecule has 0 saturated carbocycles. The number of hydrogen-bond donors (Lipinski definition) is 1. The van der Waals surface area contributed by atoms with E-state index in [1.165, 1.54) is 73.6 Å². The normalized spacial score (nSPS) is 18.4. The van der Waals surface area contributed by atoms with E-state index in [1.54, 1.807) is 0 Å². The van der Waals surface area contributed by atoms with Crippen LogP contribution < -0.4 is 14.8 Å². The number of carbonyl (C=O) groups is 1. The van der Waals surface area contributed by atoms with Gasteiger partial charge in [0.05, 0.1) is 6.61 Å². The van der Waals surface area contributed by atoms with E-state index in [0.717, 1.165) is 54.9 Å². The van der Waals surface area contributed by atoms with Crippen molar-refractivity contribution in [2.45, 2.75) is 151 Å². The van der Waals surface area contributed by atoms with E-state index in [0.29, 0.717) is 19.6 Å². The van der Waals surface area contributed by atoms with Gasteiger partial charge in [-0.3, -0.25) is 4.79 Å². The Morgan fingerprint density at radius 1 is 0.897 bits per heavy atom. The molecular weight excluding hydrogens is 482 g/mol. The fourth-order valence-corrected chi connectivity index (χ4v) is 6.17. The summed E-state index contributed by atoms with van der Waals surface area (Å²) in [5.74, 6) is 4.68.